The van der Waals surface area contributed by atoms with Crippen molar-refractivity contribution in [3.63, 3.8) is 0 Å². The first-order valence-corrected chi connectivity index (χ1v) is 10.5. The highest BCUT2D eigenvalue weighted by atomic mass is 35.5. The summed E-state index contributed by atoms with van der Waals surface area (Å²) in [6.07, 6.45) is -4.56. The van der Waals surface area contributed by atoms with Crippen molar-refractivity contribution in [1.29, 1.82) is 0 Å². The van der Waals surface area contributed by atoms with E-state index in [4.69, 9.17) is 4.74 Å². The fraction of sp³-hybridized carbons (Fsp3) is 0.333. The van der Waals surface area contributed by atoms with E-state index in [2.05, 4.69) is 9.88 Å². The number of nitrogens with zero attached hydrogens (tertiary/aromatic N) is 3. The van der Waals surface area contributed by atoms with E-state index in [1.807, 2.05) is 0 Å². The lowest BCUT2D eigenvalue weighted by atomic mass is 10.1. The molecule has 11 heteroatoms. The van der Waals surface area contributed by atoms with Crippen LogP contribution in [-0.2, 0) is 10.9 Å². The Labute approximate surface area is 192 Å². The highest BCUT2D eigenvalue weighted by Crippen LogP contribution is 2.33. The van der Waals surface area contributed by atoms with Crippen molar-refractivity contribution in [1.82, 2.24) is 9.88 Å². The average Bonchev–Trinajstić information content (AvgIpc) is 3.19. The Hall–Kier alpha value is -2.27. The number of carbonyl (C=O) groups is 1. The molecule has 0 saturated carbocycles. The summed E-state index contributed by atoms with van der Waals surface area (Å²) in [5, 5.41) is 0.246. The molecule has 32 heavy (non-hydrogen) atoms. The molecule has 3 aromatic rings. The fourth-order valence-electron chi connectivity index (χ4n) is 3.35. The summed E-state index contributed by atoms with van der Waals surface area (Å²) < 4.78 is 59.4. The number of morpholine rings is 1. The Bertz CT molecular complexity index is 1090. The van der Waals surface area contributed by atoms with Gasteiger partial charge in [-0.2, -0.15) is 13.2 Å². The van der Waals surface area contributed by atoms with Gasteiger partial charge in [-0.25, -0.2) is 9.37 Å². The predicted molar refractivity (Wildman–Crippen MR) is 117 cm³/mol. The van der Waals surface area contributed by atoms with Crippen molar-refractivity contribution >= 4 is 45.0 Å². The normalized spacial score (nSPS) is 14.9. The molecule has 1 aliphatic rings. The number of ether oxygens (including phenoxy) is 1. The van der Waals surface area contributed by atoms with Gasteiger partial charge < -0.3 is 4.74 Å². The van der Waals surface area contributed by atoms with Gasteiger partial charge >= 0.3 is 6.18 Å². The molecule has 5 nitrogen and oxygen atoms in total. The maximum absolute atomic E-state index is 14.1. The molecule has 1 fully saturated rings. The molecule has 1 saturated heterocycles. The van der Waals surface area contributed by atoms with Crippen LogP contribution >= 0.6 is 23.7 Å². The maximum Gasteiger partial charge on any atom is 0.416 e. The Balaban J connectivity index is 0.00000289. The number of hydrogen-bond acceptors (Lipinski definition) is 5. The standard InChI is InChI=1S/C21H19F4N3O2S.ClH/c22-16-5-2-6-17-18(16)26-20(31-17)28(8-7-27-9-11-30-12-10-27)19(29)14-3-1-4-15(13-14)21(23,24)25;/h1-6,13H,7-12H2;1H. The molecular weight excluding hydrogens is 470 g/mol. The second kappa shape index (κ2) is 10.1. The van der Waals surface area contributed by atoms with Gasteiger partial charge in [0.25, 0.3) is 5.91 Å². The van der Waals surface area contributed by atoms with E-state index in [9.17, 15) is 22.4 Å². The summed E-state index contributed by atoms with van der Waals surface area (Å²) in [4.78, 5) is 21.0. The molecule has 2 aromatic carbocycles. The van der Waals surface area contributed by atoms with Crippen LogP contribution in [0.5, 0.6) is 0 Å². The molecular formula is C21H20ClF4N3O2S. The van der Waals surface area contributed by atoms with Gasteiger partial charge in [-0.05, 0) is 30.3 Å². The summed E-state index contributed by atoms with van der Waals surface area (Å²) in [5.41, 5.74) is -0.867. The van der Waals surface area contributed by atoms with E-state index < -0.39 is 23.5 Å². The molecule has 1 aliphatic heterocycles. The van der Waals surface area contributed by atoms with Crippen LogP contribution in [0.15, 0.2) is 42.5 Å². The number of benzene rings is 2. The minimum Gasteiger partial charge on any atom is -0.379 e. The summed E-state index contributed by atoms with van der Waals surface area (Å²) in [5.74, 6) is -1.13. The van der Waals surface area contributed by atoms with Gasteiger partial charge in [-0.1, -0.05) is 23.5 Å². The number of amides is 1. The second-order valence-corrected chi connectivity index (χ2v) is 8.08. The molecule has 0 aliphatic carbocycles. The number of thiazole rings is 1. The van der Waals surface area contributed by atoms with Crippen molar-refractivity contribution in [2.75, 3.05) is 44.3 Å². The van der Waals surface area contributed by atoms with Gasteiger partial charge in [0.1, 0.15) is 11.3 Å². The first-order valence-electron chi connectivity index (χ1n) is 9.67. The first-order chi connectivity index (χ1) is 14.8. The van der Waals surface area contributed by atoms with E-state index in [0.29, 0.717) is 37.5 Å². The number of halogens is 5. The Morgan fingerprint density at radius 1 is 1.16 bits per heavy atom. The van der Waals surface area contributed by atoms with E-state index in [-0.39, 0.29) is 35.2 Å². The zero-order valence-electron chi connectivity index (χ0n) is 16.8. The Morgan fingerprint density at radius 3 is 2.56 bits per heavy atom. The van der Waals surface area contributed by atoms with Crippen LogP contribution in [0.3, 0.4) is 0 Å². The number of rotatable bonds is 5. The van der Waals surface area contributed by atoms with E-state index in [1.165, 1.54) is 23.1 Å². The Morgan fingerprint density at radius 2 is 1.88 bits per heavy atom. The third-order valence-electron chi connectivity index (χ3n) is 5.01. The number of anilines is 1. The van der Waals surface area contributed by atoms with Crippen molar-refractivity contribution in [3.8, 4) is 0 Å². The summed E-state index contributed by atoms with van der Waals surface area (Å²) >= 11 is 1.13. The fourth-order valence-corrected chi connectivity index (χ4v) is 4.36. The minimum absolute atomic E-state index is 0. The molecule has 172 valence electrons. The lowest BCUT2D eigenvalue weighted by Gasteiger charge is -2.29. The van der Waals surface area contributed by atoms with Crippen molar-refractivity contribution in [3.05, 3.63) is 59.4 Å². The smallest absolute Gasteiger partial charge is 0.379 e. The van der Waals surface area contributed by atoms with Crippen LogP contribution in [0.1, 0.15) is 15.9 Å². The summed E-state index contributed by atoms with van der Waals surface area (Å²) in [6.45, 7) is 3.24. The van der Waals surface area contributed by atoms with Crippen molar-refractivity contribution in [2.24, 2.45) is 0 Å². The number of fused-ring (bicyclic) bond motifs is 1. The highest BCUT2D eigenvalue weighted by Gasteiger charge is 2.32. The van der Waals surface area contributed by atoms with Gasteiger partial charge in [0.05, 0.1) is 23.5 Å². The molecule has 0 N–H and O–H groups in total. The lowest BCUT2D eigenvalue weighted by Crippen LogP contribution is -2.43. The van der Waals surface area contributed by atoms with Crippen LogP contribution in [0, 0.1) is 5.82 Å². The molecule has 0 bridgehead atoms. The average molecular weight is 490 g/mol. The number of aromatic nitrogens is 1. The minimum atomic E-state index is -4.56. The molecule has 2 heterocycles. The van der Waals surface area contributed by atoms with E-state index >= 15 is 0 Å². The van der Waals surface area contributed by atoms with Gasteiger partial charge in [0, 0.05) is 31.7 Å². The largest absolute Gasteiger partial charge is 0.416 e. The molecule has 0 unspecified atom stereocenters. The highest BCUT2D eigenvalue weighted by molar-refractivity contribution is 7.22. The van der Waals surface area contributed by atoms with Crippen molar-refractivity contribution < 1.29 is 27.1 Å². The Kier molecular flexibility index (Phi) is 7.71. The van der Waals surface area contributed by atoms with Crippen LogP contribution < -0.4 is 4.90 Å². The number of carbonyl (C=O) groups excluding carboxylic acids is 1. The summed E-state index contributed by atoms with van der Waals surface area (Å²) in [6, 6.07) is 8.81. The van der Waals surface area contributed by atoms with Crippen LogP contribution in [-0.4, -0.2) is 55.2 Å². The molecule has 0 radical (unpaired) electrons. The quantitative estimate of drug-likeness (QED) is 0.480. The van der Waals surface area contributed by atoms with Crippen LogP contribution in [0.2, 0.25) is 0 Å². The van der Waals surface area contributed by atoms with Crippen LogP contribution in [0.25, 0.3) is 10.2 Å². The monoisotopic (exact) mass is 489 g/mol. The van der Waals surface area contributed by atoms with E-state index in [1.54, 1.807) is 12.1 Å². The third-order valence-corrected chi connectivity index (χ3v) is 6.06. The molecule has 0 spiro atoms. The SMILES string of the molecule is Cl.O=C(c1cccc(C(F)(F)F)c1)N(CCN1CCOCC1)c1nc2c(F)cccc2s1. The lowest BCUT2D eigenvalue weighted by molar-refractivity contribution is -0.137. The van der Waals surface area contributed by atoms with Gasteiger partial charge in [0.15, 0.2) is 5.13 Å². The summed E-state index contributed by atoms with van der Waals surface area (Å²) in [7, 11) is 0. The third kappa shape index (κ3) is 5.37. The maximum atomic E-state index is 14.1. The van der Waals surface area contributed by atoms with Crippen molar-refractivity contribution in [2.45, 2.75) is 6.18 Å². The first kappa shape index (κ1) is 24.4. The second-order valence-electron chi connectivity index (χ2n) is 7.07. The molecule has 1 amide bonds. The molecule has 4 rings (SSSR count). The van der Waals surface area contributed by atoms with Gasteiger partial charge in [-0.15, -0.1) is 12.4 Å². The van der Waals surface area contributed by atoms with E-state index in [0.717, 1.165) is 23.5 Å². The predicted octanol–water partition coefficient (Wildman–Crippen LogP) is 4.86. The molecule has 0 atom stereocenters. The van der Waals surface area contributed by atoms with Gasteiger partial charge in [-0.3, -0.25) is 14.6 Å². The number of para-hydroxylation sites is 1. The molecule has 1 aromatic heterocycles. The van der Waals surface area contributed by atoms with Gasteiger partial charge in [0.2, 0.25) is 0 Å². The topological polar surface area (TPSA) is 45.7 Å². The number of hydrogen-bond donors (Lipinski definition) is 0. The zero-order valence-corrected chi connectivity index (χ0v) is 18.4. The zero-order chi connectivity index (χ0) is 22.0. The van der Waals surface area contributed by atoms with Crippen LogP contribution in [0.4, 0.5) is 22.7 Å². The number of alkyl halides is 3.